The van der Waals surface area contributed by atoms with Crippen LogP contribution in [-0.2, 0) is 16.0 Å². The Morgan fingerprint density at radius 2 is 2.00 bits per heavy atom. The number of carbonyl (C=O) groups is 1. The smallest absolute Gasteiger partial charge is 0.334 e. The van der Waals surface area contributed by atoms with Crippen molar-refractivity contribution < 1.29 is 19.0 Å². The van der Waals surface area contributed by atoms with Gasteiger partial charge in [0, 0.05) is 12.0 Å². The molecule has 2 rings (SSSR count). The molecule has 0 amide bonds. The van der Waals surface area contributed by atoms with Crippen LogP contribution < -0.4 is 9.47 Å². The molecular formula is C15H18O4. The average Bonchev–Trinajstić information content (AvgIpc) is 2.81. The Morgan fingerprint density at radius 3 is 2.63 bits per heavy atom. The molecule has 1 aromatic rings. The Hall–Kier alpha value is -1.97. The number of benzene rings is 1. The standard InChI is InChI=1S/C15H18O4/c1-4-18-14-9-11-7-12(15(16)19-5-2)6-10(11)8-13(14)17-3/h7-9H,4-6H2,1-3H3. The van der Waals surface area contributed by atoms with Crippen LogP contribution in [0.1, 0.15) is 25.0 Å². The van der Waals surface area contributed by atoms with Gasteiger partial charge < -0.3 is 14.2 Å². The van der Waals surface area contributed by atoms with Crippen LogP contribution in [0.3, 0.4) is 0 Å². The van der Waals surface area contributed by atoms with Crippen LogP contribution in [0.4, 0.5) is 0 Å². The second-order valence-electron chi connectivity index (χ2n) is 4.20. The predicted octanol–water partition coefficient (Wildman–Crippen LogP) is 2.60. The lowest BCUT2D eigenvalue weighted by molar-refractivity contribution is -0.138. The summed E-state index contributed by atoms with van der Waals surface area (Å²) in [6.45, 7) is 4.69. The van der Waals surface area contributed by atoms with Gasteiger partial charge in [-0.2, -0.15) is 0 Å². The van der Waals surface area contributed by atoms with Crippen LogP contribution in [0, 0.1) is 0 Å². The topological polar surface area (TPSA) is 44.8 Å². The lowest BCUT2D eigenvalue weighted by Gasteiger charge is -2.11. The zero-order valence-electron chi connectivity index (χ0n) is 11.5. The van der Waals surface area contributed by atoms with Gasteiger partial charge in [0.25, 0.3) is 0 Å². The molecule has 1 aromatic carbocycles. The van der Waals surface area contributed by atoms with Gasteiger partial charge in [-0.25, -0.2) is 4.79 Å². The third-order valence-corrected chi connectivity index (χ3v) is 2.97. The van der Waals surface area contributed by atoms with Crippen molar-refractivity contribution in [3.05, 3.63) is 28.8 Å². The van der Waals surface area contributed by atoms with E-state index in [2.05, 4.69) is 0 Å². The highest BCUT2D eigenvalue weighted by Crippen LogP contribution is 2.36. The molecular weight excluding hydrogens is 244 g/mol. The van der Waals surface area contributed by atoms with E-state index in [1.54, 1.807) is 14.0 Å². The molecule has 0 N–H and O–H groups in total. The Kier molecular flexibility index (Phi) is 4.10. The van der Waals surface area contributed by atoms with Gasteiger partial charge in [-0.1, -0.05) is 0 Å². The van der Waals surface area contributed by atoms with Crippen molar-refractivity contribution in [1.82, 2.24) is 0 Å². The van der Waals surface area contributed by atoms with Crippen LogP contribution in [0.25, 0.3) is 6.08 Å². The van der Waals surface area contributed by atoms with Gasteiger partial charge in [0.05, 0.1) is 20.3 Å². The molecule has 0 bridgehead atoms. The van der Waals surface area contributed by atoms with Gasteiger partial charge in [-0.15, -0.1) is 0 Å². The third kappa shape index (κ3) is 2.72. The van der Waals surface area contributed by atoms with E-state index in [9.17, 15) is 4.79 Å². The van der Waals surface area contributed by atoms with E-state index in [0.29, 0.717) is 36.7 Å². The lowest BCUT2D eigenvalue weighted by Crippen LogP contribution is -2.07. The van der Waals surface area contributed by atoms with Gasteiger partial charge >= 0.3 is 5.97 Å². The maximum Gasteiger partial charge on any atom is 0.334 e. The molecule has 19 heavy (non-hydrogen) atoms. The molecule has 102 valence electrons. The van der Waals surface area contributed by atoms with Crippen molar-refractivity contribution in [3.63, 3.8) is 0 Å². The maximum atomic E-state index is 11.7. The molecule has 1 aliphatic carbocycles. The van der Waals surface area contributed by atoms with Crippen LogP contribution in [0.2, 0.25) is 0 Å². The molecule has 4 heteroatoms. The minimum Gasteiger partial charge on any atom is -0.493 e. The monoisotopic (exact) mass is 262 g/mol. The number of ether oxygens (including phenoxy) is 3. The number of methoxy groups -OCH3 is 1. The molecule has 0 aliphatic heterocycles. The first kappa shape index (κ1) is 13.5. The summed E-state index contributed by atoms with van der Waals surface area (Å²) in [4.78, 5) is 11.7. The fourth-order valence-corrected chi connectivity index (χ4v) is 2.13. The van der Waals surface area contributed by atoms with Crippen LogP contribution >= 0.6 is 0 Å². The molecule has 0 unspecified atom stereocenters. The van der Waals surface area contributed by atoms with Crippen LogP contribution in [0.5, 0.6) is 11.5 Å². The minimum atomic E-state index is -0.254. The van der Waals surface area contributed by atoms with Crippen LogP contribution in [-0.4, -0.2) is 26.3 Å². The van der Waals surface area contributed by atoms with E-state index < -0.39 is 0 Å². The summed E-state index contributed by atoms with van der Waals surface area (Å²) in [6.07, 6.45) is 2.44. The molecule has 0 spiro atoms. The van der Waals surface area contributed by atoms with Crippen molar-refractivity contribution in [2.24, 2.45) is 0 Å². The molecule has 0 saturated heterocycles. The highest BCUT2D eigenvalue weighted by Gasteiger charge is 2.21. The Morgan fingerprint density at radius 1 is 1.21 bits per heavy atom. The summed E-state index contributed by atoms with van der Waals surface area (Å²) in [5, 5.41) is 0. The highest BCUT2D eigenvalue weighted by atomic mass is 16.5. The second-order valence-corrected chi connectivity index (χ2v) is 4.20. The zero-order chi connectivity index (χ0) is 13.8. The second kappa shape index (κ2) is 5.78. The van der Waals surface area contributed by atoms with Gasteiger partial charge in [0.2, 0.25) is 0 Å². The molecule has 0 fully saturated rings. The normalized spacial score (nSPS) is 12.7. The minimum absolute atomic E-state index is 0.254. The van der Waals surface area contributed by atoms with Gasteiger partial charge in [0.15, 0.2) is 11.5 Å². The summed E-state index contributed by atoms with van der Waals surface area (Å²) in [7, 11) is 1.61. The summed E-state index contributed by atoms with van der Waals surface area (Å²) in [6, 6.07) is 3.83. The first-order chi connectivity index (χ1) is 9.19. The third-order valence-electron chi connectivity index (χ3n) is 2.97. The fraction of sp³-hybridized carbons (Fsp3) is 0.400. The van der Waals surface area contributed by atoms with E-state index in [1.807, 2.05) is 25.1 Å². The molecule has 4 nitrogen and oxygen atoms in total. The number of hydrogen-bond donors (Lipinski definition) is 0. The number of rotatable bonds is 5. The maximum absolute atomic E-state index is 11.7. The molecule has 0 atom stereocenters. The Bertz CT molecular complexity index is 517. The highest BCUT2D eigenvalue weighted by molar-refractivity contribution is 5.96. The summed E-state index contributed by atoms with van der Waals surface area (Å²) >= 11 is 0. The number of esters is 1. The van der Waals surface area contributed by atoms with Gasteiger partial charge in [-0.3, -0.25) is 0 Å². The van der Waals surface area contributed by atoms with Gasteiger partial charge in [-0.05, 0) is 43.2 Å². The van der Waals surface area contributed by atoms with E-state index in [0.717, 1.165) is 11.1 Å². The van der Waals surface area contributed by atoms with Crippen molar-refractivity contribution in [1.29, 1.82) is 0 Å². The zero-order valence-corrected chi connectivity index (χ0v) is 11.5. The van der Waals surface area contributed by atoms with E-state index in [4.69, 9.17) is 14.2 Å². The number of carbonyl (C=O) groups excluding carboxylic acids is 1. The summed E-state index contributed by atoms with van der Waals surface area (Å²) in [5.74, 6) is 1.14. The van der Waals surface area contributed by atoms with Crippen molar-refractivity contribution in [3.8, 4) is 11.5 Å². The summed E-state index contributed by atoms with van der Waals surface area (Å²) in [5.41, 5.74) is 2.73. The first-order valence-electron chi connectivity index (χ1n) is 6.41. The van der Waals surface area contributed by atoms with Crippen LogP contribution in [0.15, 0.2) is 17.7 Å². The molecule has 0 aromatic heterocycles. The fourth-order valence-electron chi connectivity index (χ4n) is 2.13. The van der Waals surface area contributed by atoms with E-state index in [-0.39, 0.29) is 5.97 Å². The van der Waals surface area contributed by atoms with E-state index >= 15 is 0 Å². The molecule has 0 radical (unpaired) electrons. The lowest BCUT2D eigenvalue weighted by atomic mass is 10.1. The largest absolute Gasteiger partial charge is 0.493 e. The van der Waals surface area contributed by atoms with Gasteiger partial charge in [0.1, 0.15) is 0 Å². The molecule has 0 heterocycles. The quantitative estimate of drug-likeness (QED) is 0.765. The van der Waals surface area contributed by atoms with Crippen molar-refractivity contribution in [2.75, 3.05) is 20.3 Å². The Labute approximate surface area is 113 Å². The number of hydrogen-bond acceptors (Lipinski definition) is 4. The predicted molar refractivity (Wildman–Crippen MR) is 72.5 cm³/mol. The summed E-state index contributed by atoms with van der Waals surface area (Å²) < 4.78 is 15.8. The SMILES string of the molecule is CCOC(=O)C1=Cc2cc(OCC)c(OC)cc2C1. The first-order valence-corrected chi connectivity index (χ1v) is 6.41. The van der Waals surface area contributed by atoms with Crippen molar-refractivity contribution >= 4 is 12.0 Å². The van der Waals surface area contributed by atoms with Crippen molar-refractivity contribution in [2.45, 2.75) is 20.3 Å². The molecule has 1 aliphatic rings. The average molecular weight is 262 g/mol. The number of fused-ring (bicyclic) bond motifs is 1. The Balaban J connectivity index is 2.29. The molecule has 0 saturated carbocycles. The van der Waals surface area contributed by atoms with E-state index in [1.165, 1.54) is 0 Å².